The number of aliphatic hydroxyl groups is 2. The van der Waals surface area contributed by atoms with Crippen LogP contribution in [0.1, 0.15) is 444 Å². The summed E-state index contributed by atoms with van der Waals surface area (Å²) in [6.07, 6.45) is 87.7. The van der Waals surface area contributed by atoms with E-state index in [1.807, 2.05) is 0 Å². The number of hydrogen-bond donors (Lipinski definition) is 3. The third-order valence-corrected chi connectivity index (χ3v) is 18.2. The first-order valence-corrected chi connectivity index (χ1v) is 37.8. The van der Waals surface area contributed by atoms with Crippen LogP contribution in [0.2, 0.25) is 0 Å². The Hall–Kier alpha value is -1.14. The molecule has 0 saturated heterocycles. The minimum Gasteiger partial charge on any atom is -0.466 e. The van der Waals surface area contributed by atoms with Crippen LogP contribution in [-0.4, -0.2) is 47.4 Å². The Bertz CT molecular complexity index is 1180. The fourth-order valence-electron chi connectivity index (χ4n) is 12.4. The third-order valence-electron chi connectivity index (χ3n) is 18.2. The predicted molar refractivity (Wildman–Crippen MR) is 357 cm³/mol. The quantitative estimate of drug-likeness (QED) is 0.0417. The highest BCUT2D eigenvalue weighted by atomic mass is 16.5. The number of esters is 1. The minimum atomic E-state index is -0.657. The largest absolute Gasteiger partial charge is 0.466 e. The van der Waals surface area contributed by atoms with Gasteiger partial charge in [-0.25, -0.2) is 0 Å². The average molecular weight is 1150 g/mol. The van der Waals surface area contributed by atoms with Gasteiger partial charge in [-0.15, -0.1) is 0 Å². The molecule has 0 aliphatic heterocycles. The lowest BCUT2D eigenvalue weighted by atomic mass is 10.0. The van der Waals surface area contributed by atoms with Crippen molar-refractivity contribution in [2.24, 2.45) is 0 Å². The second-order valence-electron chi connectivity index (χ2n) is 26.4. The van der Waals surface area contributed by atoms with Crippen molar-refractivity contribution in [3.8, 4) is 0 Å². The van der Waals surface area contributed by atoms with E-state index in [0.29, 0.717) is 25.9 Å². The Kier molecular flexibility index (Phi) is 70.3. The Morgan fingerprint density at radius 1 is 0.296 bits per heavy atom. The van der Waals surface area contributed by atoms with Crippen molar-refractivity contribution in [1.29, 1.82) is 0 Å². The maximum absolute atomic E-state index is 12.5. The van der Waals surface area contributed by atoms with Gasteiger partial charge in [-0.1, -0.05) is 406 Å². The fourth-order valence-corrected chi connectivity index (χ4v) is 12.4. The second-order valence-corrected chi connectivity index (χ2v) is 26.4. The molecule has 0 aliphatic carbocycles. The van der Waals surface area contributed by atoms with Crippen LogP contribution < -0.4 is 5.32 Å². The van der Waals surface area contributed by atoms with Gasteiger partial charge in [0.05, 0.1) is 25.4 Å². The number of unbranched alkanes of at least 4 members (excludes halogenated alkanes) is 61. The van der Waals surface area contributed by atoms with Gasteiger partial charge in [0.1, 0.15) is 0 Å². The van der Waals surface area contributed by atoms with E-state index in [1.165, 1.54) is 372 Å². The molecule has 1 amide bonds. The third kappa shape index (κ3) is 67.9. The molecular formula is C75H149NO5. The summed E-state index contributed by atoms with van der Waals surface area (Å²) in [7, 11) is 0. The van der Waals surface area contributed by atoms with E-state index in [-0.39, 0.29) is 18.5 Å². The van der Waals surface area contributed by atoms with Crippen molar-refractivity contribution in [2.45, 2.75) is 456 Å². The smallest absolute Gasteiger partial charge is 0.305 e. The number of aliphatic hydroxyl groups excluding tert-OH is 2. The summed E-state index contributed by atoms with van der Waals surface area (Å²) in [5.41, 5.74) is 0. The van der Waals surface area contributed by atoms with Crippen LogP contribution in [0.5, 0.6) is 0 Å². The molecule has 0 rings (SSSR count). The molecule has 484 valence electrons. The summed E-state index contributed by atoms with van der Waals surface area (Å²) in [6.45, 7) is 4.99. The lowest BCUT2D eigenvalue weighted by Crippen LogP contribution is -2.45. The summed E-state index contributed by atoms with van der Waals surface area (Å²) in [6, 6.07) is -0.534. The van der Waals surface area contributed by atoms with Gasteiger partial charge in [-0.2, -0.15) is 0 Å². The van der Waals surface area contributed by atoms with Crippen LogP contribution in [0, 0.1) is 0 Å². The van der Waals surface area contributed by atoms with Crippen LogP contribution >= 0.6 is 0 Å². The molecule has 0 heterocycles. The van der Waals surface area contributed by atoms with Gasteiger partial charge in [0.2, 0.25) is 5.91 Å². The Morgan fingerprint density at radius 3 is 0.753 bits per heavy atom. The van der Waals surface area contributed by atoms with Gasteiger partial charge in [0.25, 0.3) is 0 Å². The first-order chi connectivity index (χ1) is 40.0. The lowest BCUT2D eigenvalue weighted by Gasteiger charge is -2.22. The molecule has 0 aromatic rings. The molecular weight excluding hydrogens is 995 g/mol. The van der Waals surface area contributed by atoms with Crippen molar-refractivity contribution in [1.82, 2.24) is 5.32 Å². The van der Waals surface area contributed by atoms with Crippen LogP contribution in [0.3, 0.4) is 0 Å². The number of nitrogens with one attached hydrogen (secondary N) is 1. The molecule has 0 aromatic heterocycles. The molecule has 0 radical (unpaired) electrons. The number of ether oxygens (including phenoxy) is 1. The Balaban J connectivity index is 3.26. The minimum absolute atomic E-state index is 0.0263. The van der Waals surface area contributed by atoms with E-state index >= 15 is 0 Å². The summed E-state index contributed by atoms with van der Waals surface area (Å²) in [5.74, 6) is 0.000371. The number of rotatable bonds is 72. The molecule has 0 aromatic carbocycles. The molecule has 2 atom stereocenters. The SMILES string of the molecule is CCCCCCCCCCCCCCCC(=O)OCCCCCCCCCCCCCCCCCCCCCCCCCCCCCCCCCCCCCCCCCC(=O)NC(CO)C(O)CCCCCCCCCCCCCC. The predicted octanol–water partition coefficient (Wildman–Crippen LogP) is 24.5. The molecule has 6 heteroatoms. The highest BCUT2D eigenvalue weighted by Crippen LogP contribution is 2.20. The van der Waals surface area contributed by atoms with Gasteiger partial charge in [-0.05, 0) is 25.7 Å². The summed E-state index contributed by atoms with van der Waals surface area (Å²) in [5, 5.41) is 23.3. The highest BCUT2D eigenvalue weighted by Gasteiger charge is 2.20. The maximum Gasteiger partial charge on any atom is 0.305 e. The van der Waals surface area contributed by atoms with Gasteiger partial charge >= 0.3 is 5.97 Å². The molecule has 0 aliphatic rings. The standard InChI is InChI=1S/C75H149NO5/c1-3-5-7-9-11-13-15-44-49-53-57-61-65-69-75(80)81-70-66-62-58-54-50-46-43-41-39-37-35-33-31-29-27-25-23-21-19-17-18-20-22-24-26-28-30-32-34-36-38-40-42-45-48-52-56-60-64-68-74(79)76-72(71-77)73(78)67-63-59-55-51-47-16-14-12-10-8-6-4-2/h72-73,77-78H,3-71H2,1-2H3,(H,76,79). The lowest BCUT2D eigenvalue weighted by molar-refractivity contribution is -0.143. The van der Waals surface area contributed by atoms with Gasteiger partial charge < -0.3 is 20.3 Å². The van der Waals surface area contributed by atoms with E-state index in [4.69, 9.17) is 4.74 Å². The highest BCUT2D eigenvalue weighted by molar-refractivity contribution is 5.76. The average Bonchev–Trinajstić information content (AvgIpc) is 3.47. The van der Waals surface area contributed by atoms with E-state index in [9.17, 15) is 19.8 Å². The molecule has 3 N–H and O–H groups in total. The number of carbonyl (C=O) groups excluding carboxylic acids is 2. The molecule has 81 heavy (non-hydrogen) atoms. The summed E-state index contributed by atoms with van der Waals surface area (Å²) in [4.78, 5) is 24.5. The van der Waals surface area contributed by atoms with E-state index in [1.54, 1.807) is 0 Å². The topological polar surface area (TPSA) is 95.9 Å². The van der Waals surface area contributed by atoms with Gasteiger partial charge in [0.15, 0.2) is 0 Å². The van der Waals surface area contributed by atoms with Crippen molar-refractivity contribution < 1.29 is 24.5 Å². The summed E-state index contributed by atoms with van der Waals surface area (Å²) < 4.78 is 5.50. The molecule has 0 fully saturated rings. The number of hydrogen-bond acceptors (Lipinski definition) is 5. The molecule has 0 bridgehead atoms. The molecule has 2 unspecified atom stereocenters. The Labute approximate surface area is 508 Å². The zero-order valence-electron chi connectivity index (χ0n) is 55.6. The van der Waals surface area contributed by atoms with E-state index in [0.717, 1.165) is 38.5 Å². The van der Waals surface area contributed by atoms with Crippen LogP contribution in [-0.2, 0) is 14.3 Å². The number of carbonyl (C=O) groups is 2. The molecule has 0 spiro atoms. The monoisotopic (exact) mass is 1140 g/mol. The van der Waals surface area contributed by atoms with Crippen LogP contribution in [0.25, 0.3) is 0 Å². The first kappa shape index (κ1) is 79.9. The Morgan fingerprint density at radius 2 is 0.506 bits per heavy atom. The molecule has 0 saturated carbocycles. The van der Waals surface area contributed by atoms with Crippen molar-refractivity contribution in [2.75, 3.05) is 13.2 Å². The van der Waals surface area contributed by atoms with Crippen molar-refractivity contribution in [3.05, 3.63) is 0 Å². The maximum atomic E-state index is 12.5. The van der Waals surface area contributed by atoms with Gasteiger partial charge in [0, 0.05) is 12.8 Å². The zero-order chi connectivity index (χ0) is 58.5. The second kappa shape index (κ2) is 71.3. The number of amides is 1. The fraction of sp³-hybridized carbons (Fsp3) is 0.973. The normalized spacial score (nSPS) is 12.4. The van der Waals surface area contributed by atoms with Crippen LogP contribution in [0.15, 0.2) is 0 Å². The van der Waals surface area contributed by atoms with E-state index < -0.39 is 12.1 Å². The van der Waals surface area contributed by atoms with Crippen molar-refractivity contribution >= 4 is 11.9 Å². The van der Waals surface area contributed by atoms with Crippen LogP contribution in [0.4, 0.5) is 0 Å². The van der Waals surface area contributed by atoms with E-state index in [2.05, 4.69) is 19.2 Å². The zero-order valence-corrected chi connectivity index (χ0v) is 55.6. The van der Waals surface area contributed by atoms with Crippen molar-refractivity contribution in [3.63, 3.8) is 0 Å². The molecule has 6 nitrogen and oxygen atoms in total. The summed E-state index contributed by atoms with van der Waals surface area (Å²) >= 11 is 0. The van der Waals surface area contributed by atoms with Gasteiger partial charge in [-0.3, -0.25) is 9.59 Å². The first-order valence-electron chi connectivity index (χ1n) is 37.8.